The van der Waals surface area contributed by atoms with Crippen LogP contribution in [0.1, 0.15) is 39.5 Å². The molecule has 0 spiro atoms. The molecule has 3 fully saturated rings. The van der Waals surface area contributed by atoms with Crippen molar-refractivity contribution < 1.29 is 4.74 Å². The van der Waals surface area contributed by atoms with Crippen LogP contribution in [0.5, 0.6) is 0 Å². The van der Waals surface area contributed by atoms with Gasteiger partial charge >= 0.3 is 0 Å². The molecule has 3 saturated heterocycles. The summed E-state index contributed by atoms with van der Waals surface area (Å²) in [6, 6.07) is 0. The number of likely N-dealkylation sites (tertiary alicyclic amines) is 2. The highest BCUT2D eigenvalue weighted by Crippen LogP contribution is 2.27. The van der Waals surface area contributed by atoms with Crippen LogP contribution in [0.4, 0.5) is 0 Å². The fourth-order valence-electron chi connectivity index (χ4n) is 3.91. The number of nitrogens with one attached hydrogen (secondary N) is 1. The molecule has 0 aromatic carbocycles. The van der Waals surface area contributed by atoms with Crippen molar-refractivity contribution in [2.24, 2.45) is 16.3 Å². The van der Waals surface area contributed by atoms with Crippen LogP contribution >= 0.6 is 24.0 Å². The van der Waals surface area contributed by atoms with Crippen molar-refractivity contribution in [2.45, 2.75) is 39.5 Å². The highest BCUT2D eigenvalue weighted by Gasteiger charge is 2.34. The van der Waals surface area contributed by atoms with Gasteiger partial charge in [0, 0.05) is 31.6 Å². The molecular formula is C18H35IN4O. The maximum Gasteiger partial charge on any atom is 0.193 e. The highest BCUT2D eigenvalue weighted by molar-refractivity contribution is 14.0. The van der Waals surface area contributed by atoms with E-state index in [0.29, 0.717) is 0 Å². The van der Waals surface area contributed by atoms with Gasteiger partial charge in [-0.2, -0.15) is 0 Å². The third-order valence-electron chi connectivity index (χ3n) is 5.40. The predicted molar refractivity (Wildman–Crippen MR) is 110 cm³/mol. The molecule has 0 amide bonds. The maximum absolute atomic E-state index is 5.35. The molecular weight excluding hydrogens is 415 g/mol. The molecule has 0 radical (unpaired) electrons. The van der Waals surface area contributed by atoms with Crippen molar-refractivity contribution in [3.8, 4) is 0 Å². The molecule has 6 heteroatoms. The molecule has 0 saturated carbocycles. The molecule has 3 aliphatic heterocycles. The van der Waals surface area contributed by atoms with Gasteiger partial charge in [0.15, 0.2) is 5.96 Å². The number of nitrogens with zero attached hydrogens (tertiary/aromatic N) is 3. The van der Waals surface area contributed by atoms with E-state index in [1.807, 2.05) is 0 Å². The standard InChI is InChI=1S/C18H34N4O.HI/c1-3-19-17(20-13-18(2)14-23-15-18)22-10-7-16(12-22)11-21-8-5-4-6-9-21;/h16H,3-15H2,1-2H3,(H,19,20);1H. The Labute approximate surface area is 164 Å². The smallest absolute Gasteiger partial charge is 0.193 e. The fraction of sp³-hybridized carbons (Fsp3) is 0.944. The maximum atomic E-state index is 5.35. The van der Waals surface area contributed by atoms with Crippen LogP contribution < -0.4 is 5.32 Å². The lowest BCUT2D eigenvalue weighted by Gasteiger charge is -2.37. The number of ether oxygens (including phenoxy) is 1. The summed E-state index contributed by atoms with van der Waals surface area (Å²) in [7, 11) is 0. The van der Waals surface area contributed by atoms with Gasteiger partial charge in [0.05, 0.1) is 19.8 Å². The monoisotopic (exact) mass is 450 g/mol. The van der Waals surface area contributed by atoms with Crippen molar-refractivity contribution in [1.29, 1.82) is 0 Å². The summed E-state index contributed by atoms with van der Waals surface area (Å²) in [4.78, 5) is 10.1. The van der Waals surface area contributed by atoms with Gasteiger partial charge < -0.3 is 19.9 Å². The van der Waals surface area contributed by atoms with Crippen LogP contribution in [-0.2, 0) is 4.74 Å². The van der Waals surface area contributed by atoms with Crippen LogP contribution in [0, 0.1) is 11.3 Å². The van der Waals surface area contributed by atoms with Crippen LogP contribution in [0.3, 0.4) is 0 Å². The number of guanidine groups is 1. The average molecular weight is 450 g/mol. The van der Waals surface area contributed by atoms with Gasteiger partial charge in [-0.1, -0.05) is 13.3 Å². The Hall–Kier alpha value is -0.0800. The number of hydrogen-bond acceptors (Lipinski definition) is 3. The predicted octanol–water partition coefficient (Wildman–Crippen LogP) is 2.41. The van der Waals surface area contributed by atoms with E-state index in [9.17, 15) is 0 Å². The van der Waals surface area contributed by atoms with Gasteiger partial charge in [-0.05, 0) is 45.2 Å². The zero-order chi connectivity index (χ0) is 16.1. The Balaban J connectivity index is 0.00000208. The number of rotatable bonds is 5. The van der Waals surface area contributed by atoms with E-state index in [-0.39, 0.29) is 29.4 Å². The molecule has 140 valence electrons. The van der Waals surface area contributed by atoms with Crippen molar-refractivity contribution in [3.05, 3.63) is 0 Å². The minimum atomic E-state index is 0. The summed E-state index contributed by atoms with van der Waals surface area (Å²) in [5.74, 6) is 1.92. The molecule has 0 bridgehead atoms. The van der Waals surface area contributed by atoms with E-state index in [2.05, 4.69) is 29.0 Å². The minimum absolute atomic E-state index is 0. The van der Waals surface area contributed by atoms with Crippen LogP contribution in [0.2, 0.25) is 0 Å². The van der Waals surface area contributed by atoms with Crippen LogP contribution in [0.25, 0.3) is 0 Å². The van der Waals surface area contributed by atoms with Crippen molar-refractivity contribution in [3.63, 3.8) is 0 Å². The van der Waals surface area contributed by atoms with E-state index in [4.69, 9.17) is 9.73 Å². The SMILES string of the molecule is CCNC(=NCC1(C)COC1)N1CCC(CN2CCCCC2)C1.I. The Morgan fingerprint density at radius 3 is 2.58 bits per heavy atom. The molecule has 3 aliphatic rings. The van der Waals surface area contributed by atoms with Crippen LogP contribution in [0.15, 0.2) is 4.99 Å². The first-order chi connectivity index (χ1) is 11.2. The fourth-order valence-corrected chi connectivity index (χ4v) is 3.91. The minimum Gasteiger partial charge on any atom is -0.380 e. The average Bonchev–Trinajstić information content (AvgIpc) is 2.99. The summed E-state index contributed by atoms with van der Waals surface area (Å²) in [6.45, 7) is 14.2. The van der Waals surface area contributed by atoms with E-state index < -0.39 is 0 Å². The summed E-state index contributed by atoms with van der Waals surface area (Å²) >= 11 is 0. The van der Waals surface area contributed by atoms with E-state index in [1.165, 1.54) is 45.3 Å². The lowest BCUT2D eigenvalue weighted by Crippen LogP contribution is -2.45. The molecule has 24 heavy (non-hydrogen) atoms. The normalized spacial score (nSPS) is 27.5. The third-order valence-corrected chi connectivity index (χ3v) is 5.40. The molecule has 1 atom stereocenters. The second kappa shape index (κ2) is 9.57. The largest absolute Gasteiger partial charge is 0.380 e. The first kappa shape index (κ1) is 20.2. The Morgan fingerprint density at radius 1 is 1.21 bits per heavy atom. The summed E-state index contributed by atoms with van der Waals surface area (Å²) in [5, 5.41) is 3.49. The highest BCUT2D eigenvalue weighted by atomic mass is 127. The summed E-state index contributed by atoms with van der Waals surface area (Å²) in [6.07, 6.45) is 5.51. The van der Waals surface area contributed by atoms with Gasteiger partial charge in [-0.25, -0.2) is 0 Å². The summed E-state index contributed by atoms with van der Waals surface area (Å²) < 4.78 is 5.35. The van der Waals surface area contributed by atoms with Crippen molar-refractivity contribution in [1.82, 2.24) is 15.1 Å². The molecule has 1 unspecified atom stereocenters. The van der Waals surface area contributed by atoms with Gasteiger partial charge in [0.25, 0.3) is 0 Å². The Bertz CT molecular complexity index is 408. The molecule has 0 aliphatic carbocycles. The van der Waals surface area contributed by atoms with E-state index >= 15 is 0 Å². The number of hydrogen-bond donors (Lipinski definition) is 1. The van der Waals surface area contributed by atoms with Crippen LogP contribution in [-0.4, -0.2) is 74.8 Å². The number of halogens is 1. The second-order valence-corrected chi connectivity index (χ2v) is 7.94. The molecule has 3 heterocycles. The lowest BCUT2D eigenvalue weighted by atomic mass is 9.89. The molecule has 0 aromatic heterocycles. The van der Waals surface area contributed by atoms with Crippen molar-refractivity contribution >= 4 is 29.9 Å². The quantitative estimate of drug-likeness (QED) is 0.397. The zero-order valence-corrected chi connectivity index (χ0v) is 17.8. The Kier molecular flexibility index (Phi) is 8.07. The first-order valence-corrected chi connectivity index (χ1v) is 9.52. The van der Waals surface area contributed by atoms with Gasteiger partial charge in [-0.15, -0.1) is 24.0 Å². The lowest BCUT2D eigenvalue weighted by molar-refractivity contribution is -0.0945. The number of aliphatic imine (C=N–C) groups is 1. The topological polar surface area (TPSA) is 40.1 Å². The van der Waals surface area contributed by atoms with E-state index in [1.54, 1.807) is 0 Å². The van der Waals surface area contributed by atoms with Gasteiger partial charge in [0.1, 0.15) is 0 Å². The van der Waals surface area contributed by atoms with Crippen molar-refractivity contribution in [2.75, 3.05) is 59.0 Å². The summed E-state index contributed by atoms with van der Waals surface area (Å²) in [5.41, 5.74) is 0.258. The molecule has 5 nitrogen and oxygen atoms in total. The molecule has 0 aromatic rings. The zero-order valence-electron chi connectivity index (χ0n) is 15.4. The van der Waals surface area contributed by atoms with Gasteiger partial charge in [0.2, 0.25) is 0 Å². The van der Waals surface area contributed by atoms with Gasteiger partial charge in [-0.3, -0.25) is 4.99 Å². The molecule has 1 N–H and O–H groups in total. The molecule has 3 rings (SSSR count). The van der Waals surface area contributed by atoms with E-state index in [0.717, 1.165) is 51.3 Å². The third kappa shape index (κ3) is 5.46. The second-order valence-electron chi connectivity index (χ2n) is 7.94. The Morgan fingerprint density at radius 2 is 1.96 bits per heavy atom. The number of piperidine rings is 1. The first-order valence-electron chi connectivity index (χ1n) is 9.52.